The number of H-pyrrole nitrogens is 1. The van der Waals surface area contributed by atoms with Crippen LogP contribution in [-0.2, 0) is 0 Å². The lowest BCUT2D eigenvalue weighted by Gasteiger charge is -2.21. The van der Waals surface area contributed by atoms with E-state index in [-0.39, 0.29) is 0 Å². The Morgan fingerprint density at radius 3 is 2.96 bits per heavy atom. The van der Waals surface area contributed by atoms with Crippen LogP contribution >= 0.6 is 0 Å². The standard InChI is InChI=1S/C14H17FN8/c1-14(15)3-4-22(7-14)11-10(9-5-18-19-6-9)17-8-23-12(11)20-13(16-2)21-23/h5-6,8H,3-4,7H2,1-2H3,(H,16,21)(H,18,19). The van der Waals surface area contributed by atoms with E-state index in [2.05, 4.69) is 30.6 Å². The molecule has 1 aliphatic rings. The maximum atomic E-state index is 14.4. The second-order valence-corrected chi connectivity index (χ2v) is 5.97. The molecule has 1 fully saturated rings. The number of hydrogen-bond acceptors (Lipinski definition) is 6. The lowest BCUT2D eigenvalue weighted by molar-refractivity contribution is 0.221. The lowest BCUT2D eigenvalue weighted by atomic mass is 10.1. The summed E-state index contributed by atoms with van der Waals surface area (Å²) in [5.74, 6) is 0.500. The van der Waals surface area contributed by atoms with E-state index in [0.717, 1.165) is 16.9 Å². The first-order valence-electron chi connectivity index (χ1n) is 7.43. The van der Waals surface area contributed by atoms with Gasteiger partial charge < -0.3 is 10.2 Å². The molecule has 0 aliphatic carbocycles. The van der Waals surface area contributed by atoms with Crippen molar-refractivity contribution in [3.8, 4) is 11.3 Å². The third-order valence-electron chi connectivity index (χ3n) is 4.10. The predicted octanol–water partition coefficient (Wildman–Crippen LogP) is 1.49. The second-order valence-electron chi connectivity index (χ2n) is 5.97. The van der Waals surface area contributed by atoms with Gasteiger partial charge in [-0.3, -0.25) is 5.10 Å². The van der Waals surface area contributed by atoms with Crippen molar-refractivity contribution in [1.29, 1.82) is 0 Å². The van der Waals surface area contributed by atoms with Crippen molar-refractivity contribution in [2.75, 3.05) is 30.4 Å². The number of hydrogen-bond donors (Lipinski definition) is 2. The smallest absolute Gasteiger partial charge is 0.242 e. The van der Waals surface area contributed by atoms with Crippen LogP contribution in [-0.4, -0.2) is 55.6 Å². The van der Waals surface area contributed by atoms with E-state index in [1.165, 1.54) is 0 Å². The number of aromatic nitrogens is 6. The highest BCUT2D eigenvalue weighted by molar-refractivity contribution is 5.85. The maximum absolute atomic E-state index is 14.4. The zero-order valence-corrected chi connectivity index (χ0v) is 12.9. The van der Waals surface area contributed by atoms with Crippen LogP contribution in [0, 0.1) is 0 Å². The summed E-state index contributed by atoms with van der Waals surface area (Å²) < 4.78 is 16.0. The Bertz CT molecular complexity index is 838. The molecule has 0 radical (unpaired) electrons. The van der Waals surface area contributed by atoms with E-state index in [0.29, 0.717) is 31.1 Å². The van der Waals surface area contributed by atoms with Gasteiger partial charge in [0.05, 0.1) is 12.7 Å². The molecule has 1 unspecified atom stereocenters. The Balaban J connectivity index is 1.93. The predicted molar refractivity (Wildman–Crippen MR) is 84.3 cm³/mol. The third-order valence-corrected chi connectivity index (χ3v) is 4.10. The molecule has 9 heteroatoms. The van der Waals surface area contributed by atoms with Crippen molar-refractivity contribution in [3.05, 3.63) is 18.7 Å². The highest BCUT2D eigenvalue weighted by atomic mass is 19.1. The molecule has 120 valence electrons. The van der Waals surface area contributed by atoms with Crippen molar-refractivity contribution in [2.24, 2.45) is 0 Å². The zero-order chi connectivity index (χ0) is 16.0. The van der Waals surface area contributed by atoms with Gasteiger partial charge in [-0.1, -0.05) is 0 Å². The third kappa shape index (κ3) is 2.28. The van der Waals surface area contributed by atoms with Gasteiger partial charge in [0.25, 0.3) is 0 Å². The van der Waals surface area contributed by atoms with Crippen LogP contribution in [0.2, 0.25) is 0 Å². The van der Waals surface area contributed by atoms with Crippen molar-refractivity contribution in [3.63, 3.8) is 0 Å². The molecular formula is C14H17FN8. The molecule has 1 saturated heterocycles. The first kappa shape index (κ1) is 13.9. The fourth-order valence-electron chi connectivity index (χ4n) is 2.95. The van der Waals surface area contributed by atoms with Crippen LogP contribution in [0.4, 0.5) is 16.0 Å². The Kier molecular flexibility index (Phi) is 2.97. The summed E-state index contributed by atoms with van der Waals surface area (Å²) in [6.45, 7) is 2.54. The van der Waals surface area contributed by atoms with Crippen molar-refractivity contribution < 1.29 is 4.39 Å². The average molecular weight is 316 g/mol. The number of nitrogens with zero attached hydrogens (tertiary/aromatic N) is 6. The summed E-state index contributed by atoms with van der Waals surface area (Å²) in [7, 11) is 1.76. The molecule has 3 aromatic heterocycles. The number of fused-ring (bicyclic) bond motifs is 1. The fraction of sp³-hybridized carbons (Fsp3) is 0.429. The summed E-state index contributed by atoms with van der Waals surface area (Å²) in [5.41, 5.74) is 1.78. The Morgan fingerprint density at radius 1 is 1.43 bits per heavy atom. The summed E-state index contributed by atoms with van der Waals surface area (Å²) in [6.07, 6.45) is 5.55. The normalized spacial score (nSPS) is 21.3. The highest BCUT2D eigenvalue weighted by Gasteiger charge is 2.36. The molecule has 4 rings (SSSR count). The molecule has 1 aliphatic heterocycles. The second kappa shape index (κ2) is 4.90. The minimum Gasteiger partial charge on any atom is -0.363 e. The van der Waals surface area contributed by atoms with Gasteiger partial charge in [0.1, 0.15) is 23.4 Å². The van der Waals surface area contributed by atoms with Crippen LogP contribution < -0.4 is 10.2 Å². The van der Waals surface area contributed by atoms with E-state index in [1.807, 2.05) is 4.90 Å². The van der Waals surface area contributed by atoms with E-state index in [9.17, 15) is 4.39 Å². The summed E-state index contributed by atoms with van der Waals surface area (Å²) >= 11 is 0. The van der Waals surface area contributed by atoms with Crippen LogP contribution in [0.1, 0.15) is 13.3 Å². The number of alkyl halides is 1. The van der Waals surface area contributed by atoms with Crippen LogP contribution in [0.15, 0.2) is 18.7 Å². The Hall–Kier alpha value is -2.71. The Labute approximate surface area is 131 Å². The molecule has 0 saturated carbocycles. The number of rotatable bonds is 3. The van der Waals surface area contributed by atoms with Gasteiger partial charge in [-0.2, -0.15) is 14.6 Å². The monoisotopic (exact) mass is 316 g/mol. The van der Waals surface area contributed by atoms with Gasteiger partial charge in [-0.05, 0) is 6.92 Å². The molecule has 8 nitrogen and oxygen atoms in total. The molecule has 3 aromatic rings. The molecule has 0 amide bonds. The quantitative estimate of drug-likeness (QED) is 0.761. The number of halogens is 1. The van der Waals surface area contributed by atoms with Crippen LogP contribution in [0.25, 0.3) is 16.9 Å². The molecule has 23 heavy (non-hydrogen) atoms. The first-order valence-corrected chi connectivity index (χ1v) is 7.43. The van der Waals surface area contributed by atoms with E-state index in [1.54, 1.807) is 37.2 Å². The van der Waals surface area contributed by atoms with Crippen LogP contribution in [0.3, 0.4) is 0 Å². The summed E-state index contributed by atoms with van der Waals surface area (Å²) in [4.78, 5) is 11.0. The molecule has 1 atom stereocenters. The molecule has 0 aromatic carbocycles. The van der Waals surface area contributed by atoms with Gasteiger partial charge in [-0.25, -0.2) is 9.37 Å². The highest BCUT2D eigenvalue weighted by Crippen LogP contribution is 2.37. The van der Waals surface area contributed by atoms with Gasteiger partial charge in [0.15, 0.2) is 5.65 Å². The van der Waals surface area contributed by atoms with Crippen molar-refractivity contribution >= 4 is 17.3 Å². The summed E-state index contributed by atoms with van der Waals surface area (Å²) in [6, 6.07) is 0. The zero-order valence-electron chi connectivity index (χ0n) is 12.9. The maximum Gasteiger partial charge on any atom is 0.242 e. The van der Waals surface area contributed by atoms with E-state index < -0.39 is 5.67 Å². The fourth-order valence-corrected chi connectivity index (χ4v) is 2.95. The average Bonchev–Trinajstić information content (AvgIpc) is 3.24. The topological polar surface area (TPSA) is 87.0 Å². The summed E-state index contributed by atoms with van der Waals surface area (Å²) in [5, 5.41) is 14.0. The molecule has 4 heterocycles. The van der Waals surface area contributed by atoms with Crippen LogP contribution in [0.5, 0.6) is 0 Å². The van der Waals surface area contributed by atoms with Gasteiger partial charge in [0.2, 0.25) is 5.95 Å². The van der Waals surface area contributed by atoms with E-state index in [4.69, 9.17) is 0 Å². The first-order chi connectivity index (χ1) is 11.1. The SMILES string of the molecule is CNc1nc2c(N3CCC(C)(F)C3)c(-c3cn[nH]c3)ncn2n1. The van der Waals surface area contributed by atoms with Gasteiger partial charge in [0, 0.05) is 31.8 Å². The van der Waals surface area contributed by atoms with Crippen molar-refractivity contribution in [2.45, 2.75) is 19.0 Å². The molecule has 2 N–H and O–H groups in total. The minimum atomic E-state index is -1.22. The molecule has 0 spiro atoms. The number of nitrogens with one attached hydrogen (secondary N) is 2. The van der Waals surface area contributed by atoms with Gasteiger partial charge >= 0.3 is 0 Å². The lowest BCUT2D eigenvalue weighted by Crippen LogP contribution is -2.27. The van der Waals surface area contributed by atoms with E-state index >= 15 is 0 Å². The van der Waals surface area contributed by atoms with Crippen molar-refractivity contribution in [1.82, 2.24) is 29.8 Å². The number of aromatic amines is 1. The minimum absolute atomic E-state index is 0.306. The molecular weight excluding hydrogens is 299 g/mol. The van der Waals surface area contributed by atoms with Gasteiger partial charge in [-0.15, -0.1) is 5.10 Å². The molecule has 0 bridgehead atoms. The Morgan fingerprint density at radius 2 is 2.30 bits per heavy atom. The number of anilines is 2. The largest absolute Gasteiger partial charge is 0.363 e.